The molecule has 1 aliphatic heterocycles. The Bertz CT molecular complexity index is 930. The van der Waals surface area contributed by atoms with Gasteiger partial charge in [-0.2, -0.15) is 0 Å². The number of ether oxygens (including phenoxy) is 1. The molecule has 2 aromatic heterocycles. The van der Waals surface area contributed by atoms with Crippen LogP contribution in [0.3, 0.4) is 0 Å². The number of aromatic nitrogens is 3. The van der Waals surface area contributed by atoms with Gasteiger partial charge < -0.3 is 14.6 Å². The maximum atomic E-state index is 12.7. The predicted molar refractivity (Wildman–Crippen MR) is 99.1 cm³/mol. The Hall–Kier alpha value is -2.89. The summed E-state index contributed by atoms with van der Waals surface area (Å²) in [5.74, 6) is 0.127. The van der Waals surface area contributed by atoms with E-state index in [-0.39, 0.29) is 12.0 Å². The van der Waals surface area contributed by atoms with Gasteiger partial charge >= 0.3 is 6.01 Å². The monoisotopic (exact) mass is 350 g/mol. The van der Waals surface area contributed by atoms with E-state index in [0.717, 1.165) is 34.3 Å². The van der Waals surface area contributed by atoms with Crippen LogP contribution in [-0.4, -0.2) is 45.0 Å². The summed E-state index contributed by atoms with van der Waals surface area (Å²) in [6.07, 6.45) is 3.08. The van der Waals surface area contributed by atoms with Gasteiger partial charge in [0, 0.05) is 41.5 Å². The Kier molecular flexibility index (Phi) is 4.32. The van der Waals surface area contributed by atoms with Gasteiger partial charge in [-0.3, -0.25) is 4.79 Å². The zero-order valence-electron chi connectivity index (χ0n) is 15.0. The van der Waals surface area contributed by atoms with Gasteiger partial charge in [-0.05, 0) is 31.5 Å². The SMILES string of the molecule is Cc1cc(C)nc(OC2CCN(C(=O)Cc3c[nH]c4ccccc34)C2)n1. The average Bonchev–Trinajstić information content (AvgIpc) is 3.22. The van der Waals surface area contributed by atoms with Gasteiger partial charge in [-0.25, -0.2) is 9.97 Å². The van der Waals surface area contributed by atoms with E-state index in [9.17, 15) is 4.79 Å². The minimum Gasteiger partial charge on any atom is -0.458 e. The molecular formula is C20H22N4O2. The lowest BCUT2D eigenvalue weighted by atomic mass is 10.1. The minimum absolute atomic E-state index is 0.0527. The highest BCUT2D eigenvalue weighted by molar-refractivity contribution is 5.89. The highest BCUT2D eigenvalue weighted by Gasteiger charge is 2.28. The van der Waals surface area contributed by atoms with Crippen LogP contribution in [0.1, 0.15) is 23.4 Å². The summed E-state index contributed by atoms with van der Waals surface area (Å²) < 4.78 is 5.90. The molecule has 134 valence electrons. The quantitative estimate of drug-likeness (QED) is 0.785. The number of aryl methyl sites for hydroxylation is 2. The molecule has 3 heterocycles. The maximum Gasteiger partial charge on any atom is 0.317 e. The molecule has 1 N–H and O–H groups in total. The third kappa shape index (κ3) is 3.40. The van der Waals surface area contributed by atoms with Gasteiger partial charge in [0.05, 0.1) is 13.0 Å². The molecule has 1 unspecified atom stereocenters. The van der Waals surface area contributed by atoms with E-state index >= 15 is 0 Å². The van der Waals surface area contributed by atoms with Crippen molar-refractivity contribution in [1.29, 1.82) is 0 Å². The molecular weight excluding hydrogens is 328 g/mol. The zero-order chi connectivity index (χ0) is 18.1. The summed E-state index contributed by atoms with van der Waals surface area (Å²) in [6, 6.07) is 10.4. The number of nitrogens with one attached hydrogen (secondary N) is 1. The van der Waals surface area contributed by atoms with Crippen molar-refractivity contribution in [2.45, 2.75) is 32.8 Å². The molecule has 1 aromatic carbocycles. The third-order valence-corrected chi connectivity index (χ3v) is 4.75. The van der Waals surface area contributed by atoms with Crippen molar-refractivity contribution in [3.8, 4) is 6.01 Å². The van der Waals surface area contributed by atoms with Crippen LogP contribution in [0.4, 0.5) is 0 Å². The van der Waals surface area contributed by atoms with E-state index in [0.29, 0.717) is 25.5 Å². The summed E-state index contributed by atoms with van der Waals surface area (Å²) in [7, 11) is 0. The number of carbonyl (C=O) groups excluding carboxylic acids is 1. The van der Waals surface area contributed by atoms with Crippen LogP contribution in [0.2, 0.25) is 0 Å². The number of amides is 1. The first kappa shape index (κ1) is 16.6. The summed E-state index contributed by atoms with van der Waals surface area (Å²) >= 11 is 0. The van der Waals surface area contributed by atoms with Crippen molar-refractivity contribution in [1.82, 2.24) is 19.9 Å². The molecule has 4 rings (SSSR count). The first-order chi connectivity index (χ1) is 12.6. The number of nitrogens with zero attached hydrogens (tertiary/aromatic N) is 3. The predicted octanol–water partition coefficient (Wildman–Crippen LogP) is 2.80. The highest BCUT2D eigenvalue weighted by Crippen LogP contribution is 2.21. The third-order valence-electron chi connectivity index (χ3n) is 4.75. The summed E-state index contributed by atoms with van der Waals surface area (Å²) in [5.41, 5.74) is 3.87. The average molecular weight is 350 g/mol. The molecule has 3 aromatic rings. The first-order valence-electron chi connectivity index (χ1n) is 8.90. The van der Waals surface area contributed by atoms with Crippen LogP contribution in [0, 0.1) is 13.8 Å². The van der Waals surface area contributed by atoms with E-state index in [1.54, 1.807) is 0 Å². The number of rotatable bonds is 4. The van der Waals surface area contributed by atoms with Crippen LogP contribution in [0.15, 0.2) is 36.5 Å². The Morgan fingerprint density at radius 3 is 2.85 bits per heavy atom. The van der Waals surface area contributed by atoms with Crippen molar-refractivity contribution >= 4 is 16.8 Å². The molecule has 0 saturated carbocycles. The van der Waals surface area contributed by atoms with Gasteiger partial charge in [0.2, 0.25) is 5.91 Å². The van der Waals surface area contributed by atoms with Crippen molar-refractivity contribution in [2.24, 2.45) is 0 Å². The molecule has 0 aliphatic carbocycles. The Labute approximate surface area is 152 Å². The van der Waals surface area contributed by atoms with Gasteiger partial charge in [0.15, 0.2) is 0 Å². The lowest BCUT2D eigenvalue weighted by Crippen LogP contribution is -2.32. The molecule has 0 radical (unpaired) electrons. The topological polar surface area (TPSA) is 71.1 Å². The lowest BCUT2D eigenvalue weighted by Gasteiger charge is -2.16. The second-order valence-electron chi connectivity index (χ2n) is 6.84. The molecule has 0 spiro atoms. The molecule has 1 amide bonds. The van der Waals surface area contributed by atoms with Crippen molar-refractivity contribution < 1.29 is 9.53 Å². The van der Waals surface area contributed by atoms with Gasteiger partial charge in [0.25, 0.3) is 0 Å². The fourth-order valence-corrected chi connectivity index (χ4v) is 3.50. The zero-order valence-corrected chi connectivity index (χ0v) is 15.0. The van der Waals surface area contributed by atoms with Crippen molar-refractivity contribution in [2.75, 3.05) is 13.1 Å². The van der Waals surface area contributed by atoms with Gasteiger partial charge in [0.1, 0.15) is 6.10 Å². The van der Waals surface area contributed by atoms with E-state index < -0.39 is 0 Å². The van der Waals surface area contributed by atoms with E-state index in [1.165, 1.54) is 0 Å². The Morgan fingerprint density at radius 1 is 1.27 bits per heavy atom. The number of hydrogen-bond donors (Lipinski definition) is 1. The molecule has 1 fully saturated rings. The van der Waals surface area contributed by atoms with E-state index in [4.69, 9.17) is 4.74 Å². The molecule has 26 heavy (non-hydrogen) atoms. The minimum atomic E-state index is -0.0527. The fourth-order valence-electron chi connectivity index (χ4n) is 3.50. The molecule has 1 atom stereocenters. The standard InChI is InChI=1S/C20H22N4O2/c1-13-9-14(2)23-20(22-13)26-16-7-8-24(12-16)19(25)10-15-11-21-18-6-4-3-5-17(15)18/h3-6,9,11,16,21H,7-8,10,12H2,1-2H3. The van der Waals surface area contributed by atoms with Crippen LogP contribution in [-0.2, 0) is 11.2 Å². The number of carbonyl (C=O) groups is 1. The number of hydrogen-bond acceptors (Lipinski definition) is 4. The van der Waals surface area contributed by atoms with Crippen LogP contribution in [0.5, 0.6) is 6.01 Å². The molecule has 0 bridgehead atoms. The second kappa shape index (κ2) is 6.78. The number of para-hydroxylation sites is 1. The maximum absolute atomic E-state index is 12.7. The molecule has 6 nitrogen and oxygen atoms in total. The summed E-state index contributed by atoms with van der Waals surface area (Å²) in [4.78, 5) is 26.4. The Morgan fingerprint density at radius 2 is 2.04 bits per heavy atom. The highest BCUT2D eigenvalue weighted by atomic mass is 16.5. The molecule has 6 heteroatoms. The Balaban J connectivity index is 1.39. The number of fused-ring (bicyclic) bond motifs is 1. The van der Waals surface area contributed by atoms with E-state index in [1.807, 2.05) is 55.3 Å². The number of aromatic amines is 1. The van der Waals surface area contributed by atoms with Crippen molar-refractivity contribution in [3.05, 3.63) is 53.5 Å². The molecule has 1 aliphatic rings. The number of H-pyrrole nitrogens is 1. The number of likely N-dealkylation sites (tertiary alicyclic amines) is 1. The van der Waals surface area contributed by atoms with Crippen LogP contribution >= 0.6 is 0 Å². The fraction of sp³-hybridized carbons (Fsp3) is 0.350. The second-order valence-corrected chi connectivity index (χ2v) is 6.84. The first-order valence-corrected chi connectivity index (χ1v) is 8.90. The van der Waals surface area contributed by atoms with Gasteiger partial charge in [-0.15, -0.1) is 0 Å². The van der Waals surface area contributed by atoms with Crippen LogP contribution in [0.25, 0.3) is 10.9 Å². The lowest BCUT2D eigenvalue weighted by molar-refractivity contribution is -0.129. The van der Waals surface area contributed by atoms with Crippen molar-refractivity contribution in [3.63, 3.8) is 0 Å². The summed E-state index contributed by atoms with van der Waals surface area (Å²) in [5, 5.41) is 1.11. The number of benzene rings is 1. The smallest absolute Gasteiger partial charge is 0.317 e. The van der Waals surface area contributed by atoms with Gasteiger partial charge in [-0.1, -0.05) is 18.2 Å². The summed E-state index contributed by atoms with van der Waals surface area (Å²) in [6.45, 7) is 5.13. The normalized spacial score (nSPS) is 17.0. The largest absolute Gasteiger partial charge is 0.458 e. The van der Waals surface area contributed by atoms with E-state index in [2.05, 4.69) is 15.0 Å². The molecule has 1 saturated heterocycles. The van der Waals surface area contributed by atoms with Crippen LogP contribution < -0.4 is 4.74 Å².